The molecule has 4 N–H and O–H groups in total. The number of rotatable bonds is 8. The van der Waals surface area contributed by atoms with Gasteiger partial charge >= 0.3 is 6.16 Å². The van der Waals surface area contributed by atoms with E-state index in [-0.39, 0.29) is 22.7 Å². The van der Waals surface area contributed by atoms with Gasteiger partial charge in [-0.25, -0.2) is 18.2 Å². The number of carboxylic acid groups (broad SMARTS) is 2. The minimum atomic E-state index is -3.64. The summed E-state index contributed by atoms with van der Waals surface area (Å²) in [5, 5.41) is 22.7. The lowest BCUT2D eigenvalue weighted by molar-refractivity contribution is -0.00308. The first-order valence-electron chi connectivity index (χ1n) is 12.9. The SMILES string of the molecule is COCCO[C@H]1CC[C@H](c2nc3c(-c4ccc(-c5ccn(C)n5)nc4)cnn3c(N)c2S(C)(=O)=O)CC1.O=C(O)O. The Balaban J connectivity index is 0.000000909. The van der Waals surface area contributed by atoms with Crippen LogP contribution >= 0.6 is 0 Å². The van der Waals surface area contributed by atoms with Gasteiger partial charge in [-0.3, -0.25) is 9.67 Å². The van der Waals surface area contributed by atoms with Gasteiger partial charge in [0.25, 0.3) is 0 Å². The van der Waals surface area contributed by atoms with Gasteiger partial charge in [0.05, 0.1) is 36.9 Å². The third-order valence-electron chi connectivity index (χ3n) is 6.79. The van der Waals surface area contributed by atoms with E-state index in [9.17, 15) is 8.42 Å². The summed E-state index contributed by atoms with van der Waals surface area (Å²) in [6, 6.07) is 5.72. The van der Waals surface area contributed by atoms with E-state index in [2.05, 4.69) is 15.2 Å². The molecule has 4 aromatic rings. The van der Waals surface area contributed by atoms with Crippen molar-refractivity contribution >= 4 is 27.5 Å². The van der Waals surface area contributed by atoms with Gasteiger partial charge in [-0.2, -0.15) is 14.7 Å². The van der Waals surface area contributed by atoms with Crippen LogP contribution in [-0.2, 0) is 26.4 Å². The van der Waals surface area contributed by atoms with Crippen LogP contribution in [0.3, 0.4) is 0 Å². The fourth-order valence-corrected chi connectivity index (χ4v) is 5.99. The largest absolute Gasteiger partial charge is 0.503 e. The third kappa shape index (κ3) is 6.99. The number of fused-ring (bicyclic) bond motifs is 1. The zero-order chi connectivity index (χ0) is 29.7. The number of anilines is 1. The third-order valence-corrected chi connectivity index (χ3v) is 7.95. The van der Waals surface area contributed by atoms with Crippen molar-refractivity contribution in [3.8, 4) is 22.5 Å². The number of ether oxygens (including phenoxy) is 2. The van der Waals surface area contributed by atoms with Crippen molar-refractivity contribution in [1.29, 1.82) is 0 Å². The van der Waals surface area contributed by atoms with E-state index >= 15 is 0 Å². The first-order valence-corrected chi connectivity index (χ1v) is 14.7. The number of nitrogens with two attached hydrogens (primary N) is 1. The lowest BCUT2D eigenvalue weighted by Gasteiger charge is -2.29. The second-order valence-corrected chi connectivity index (χ2v) is 11.7. The van der Waals surface area contributed by atoms with E-state index in [1.807, 2.05) is 31.4 Å². The predicted octanol–water partition coefficient (Wildman–Crippen LogP) is 3.09. The molecule has 15 heteroatoms. The van der Waals surface area contributed by atoms with Crippen molar-refractivity contribution in [3.05, 3.63) is 42.5 Å². The number of hydrogen-bond acceptors (Lipinski definition) is 10. The summed E-state index contributed by atoms with van der Waals surface area (Å²) in [7, 11) is -0.138. The summed E-state index contributed by atoms with van der Waals surface area (Å²) in [6.07, 6.45) is 7.86. The van der Waals surface area contributed by atoms with Gasteiger partial charge in [0.15, 0.2) is 15.5 Å². The lowest BCUT2D eigenvalue weighted by Crippen LogP contribution is -2.24. The molecule has 1 aliphatic carbocycles. The number of aromatic nitrogens is 6. The summed E-state index contributed by atoms with van der Waals surface area (Å²) in [4.78, 5) is 18.1. The second kappa shape index (κ2) is 12.6. The van der Waals surface area contributed by atoms with E-state index < -0.39 is 16.0 Å². The summed E-state index contributed by atoms with van der Waals surface area (Å²) in [6.45, 7) is 1.10. The average Bonchev–Trinajstić information content (AvgIpc) is 3.55. The van der Waals surface area contributed by atoms with Crippen molar-refractivity contribution in [3.63, 3.8) is 0 Å². The van der Waals surface area contributed by atoms with Gasteiger partial charge in [0.1, 0.15) is 16.4 Å². The standard InChI is InChI=1S/C25H31N7O4S.CH2O3/c1-31-11-10-21(30-31)20-9-6-17(14-27-20)19-15-28-32-24(26)23(37(3,33)34)22(29-25(19)32)16-4-7-18(8-5-16)36-13-12-35-2;2-1(3)4/h6,9-11,14-16,18H,4-5,7-8,12-13,26H2,1-3H3;(H2,2,3,4)/t16-,18-;. The number of sulfone groups is 1. The van der Waals surface area contributed by atoms with Crippen molar-refractivity contribution in [1.82, 2.24) is 29.4 Å². The summed E-state index contributed by atoms with van der Waals surface area (Å²) in [5.41, 5.74) is 10.5. The average molecular weight is 588 g/mol. The molecule has 14 nitrogen and oxygen atoms in total. The first kappa shape index (κ1) is 29.9. The Morgan fingerprint density at radius 1 is 1.10 bits per heavy atom. The molecule has 4 aromatic heterocycles. The quantitative estimate of drug-likeness (QED) is 0.255. The van der Waals surface area contributed by atoms with Gasteiger partial charge in [0.2, 0.25) is 0 Å². The molecule has 1 fully saturated rings. The Morgan fingerprint density at radius 2 is 1.80 bits per heavy atom. The number of aryl methyl sites for hydroxylation is 1. The first-order chi connectivity index (χ1) is 19.5. The van der Waals surface area contributed by atoms with Crippen LogP contribution < -0.4 is 5.73 Å². The van der Waals surface area contributed by atoms with E-state index in [1.165, 1.54) is 10.8 Å². The lowest BCUT2D eigenvalue weighted by atomic mass is 9.85. The highest BCUT2D eigenvalue weighted by Crippen LogP contribution is 2.39. The Bertz CT molecular complexity index is 1610. The number of carbonyl (C=O) groups is 1. The van der Waals surface area contributed by atoms with Gasteiger partial charge in [-0.15, -0.1) is 0 Å². The molecule has 41 heavy (non-hydrogen) atoms. The molecule has 0 aliphatic heterocycles. The van der Waals surface area contributed by atoms with Crippen LogP contribution in [0.1, 0.15) is 37.3 Å². The second-order valence-electron chi connectivity index (χ2n) is 9.70. The van der Waals surface area contributed by atoms with Gasteiger partial charge in [-0.05, 0) is 37.8 Å². The predicted molar refractivity (Wildman–Crippen MR) is 149 cm³/mol. The van der Waals surface area contributed by atoms with Gasteiger partial charge in [0, 0.05) is 49.9 Å². The van der Waals surface area contributed by atoms with E-state index in [0.717, 1.165) is 48.2 Å². The van der Waals surface area contributed by atoms with Crippen molar-refractivity contribution in [2.45, 2.75) is 42.6 Å². The molecule has 4 heterocycles. The molecule has 0 amide bonds. The normalized spacial score (nSPS) is 17.2. The van der Waals surface area contributed by atoms with E-state index in [1.54, 1.807) is 24.2 Å². The Labute approximate surface area is 236 Å². The maximum atomic E-state index is 12.8. The van der Waals surface area contributed by atoms with Gasteiger partial charge < -0.3 is 25.4 Å². The molecule has 1 saturated carbocycles. The van der Waals surface area contributed by atoms with Crippen molar-refractivity contribution in [2.75, 3.05) is 32.3 Å². The minimum absolute atomic E-state index is 0.0493. The zero-order valence-electron chi connectivity index (χ0n) is 23.0. The maximum Gasteiger partial charge on any atom is 0.503 e. The highest BCUT2D eigenvalue weighted by molar-refractivity contribution is 7.91. The number of methoxy groups -OCH3 is 1. The highest BCUT2D eigenvalue weighted by atomic mass is 32.2. The van der Waals surface area contributed by atoms with Crippen molar-refractivity contribution < 1.29 is 32.9 Å². The molecule has 1 aliphatic rings. The molecular weight excluding hydrogens is 554 g/mol. The molecule has 0 atom stereocenters. The summed E-state index contributed by atoms with van der Waals surface area (Å²) < 4.78 is 39.8. The van der Waals surface area contributed by atoms with E-state index in [0.29, 0.717) is 24.6 Å². The van der Waals surface area contributed by atoms with Gasteiger partial charge in [-0.1, -0.05) is 6.07 Å². The fraction of sp³-hybridized carbons (Fsp3) is 0.423. The monoisotopic (exact) mass is 587 g/mol. The van der Waals surface area contributed by atoms with Crippen LogP contribution in [0.15, 0.2) is 41.7 Å². The Hall–Kier alpha value is -4.08. The molecule has 0 radical (unpaired) electrons. The van der Waals surface area contributed by atoms with Crippen LogP contribution in [0.4, 0.5) is 10.6 Å². The number of pyridine rings is 1. The van der Waals surface area contributed by atoms with Crippen LogP contribution in [-0.4, -0.2) is 86.8 Å². The number of hydrogen-bond donors (Lipinski definition) is 3. The topological polar surface area (TPSA) is 197 Å². The molecule has 220 valence electrons. The summed E-state index contributed by atoms with van der Waals surface area (Å²) in [5.74, 6) is 0.0250. The van der Waals surface area contributed by atoms with Crippen molar-refractivity contribution in [2.24, 2.45) is 7.05 Å². The Morgan fingerprint density at radius 3 is 2.37 bits per heavy atom. The maximum absolute atomic E-state index is 12.8. The molecule has 0 spiro atoms. The number of nitrogens with zero attached hydrogens (tertiary/aromatic N) is 6. The van der Waals surface area contributed by atoms with Crippen LogP contribution in [0.25, 0.3) is 28.2 Å². The minimum Gasteiger partial charge on any atom is -0.450 e. The van der Waals surface area contributed by atoms with Crippen LogP contribution in [0.2, 0.25) is 0 Å². The molecule has 5 rings (SSSR count). The molecule has 0 unspecified atom stereocenters. The number of nitrogen functional groups attached to an aromatic ring is 1. The highest BCUT2D eigenvalue weighted by Gasteiger charge is 2.32. The van der Waals surface area contributed by atoms with Crippen LogP contribution in [0.5, 0.6) is 0 Å². The molecule has 0 aromatic carbocycles. The molecule has 0 saturated heterocycles. The zero-order valence-corrected chi connectivity index (χ0v) is 23.8. The fourth-order valence-electron chi connectivity index (χ4n) is 4.94. The molecular formula is C26H33N7O7S. The van der Waals surface area contributed by atoms with Crippen LogP contribution in [0, 0.1) is 0 Å². The summed E-state index contributed by atoms with van der Waals surface area (Å²) >= 11 is 0. The Kier molecular flexibility index (Phi) is 9.20. The van der Waals surface area contributed by atoms with E-state index in [4.69, 9.17) is 35.2 Å². The smallest absolute Gasteiger partial charge is 0.450 e. The molecule has 0 bridgehead atoms.